The van der Waals surface area contributed by atoms with Gasteiger partial charge in [0.25, 0.3) is 0 Å². The SMILES string of the molecule is CC#CC#CC#CC#CC#CC#CC#CC#CC(C#CC#CC#CC#CC#CC#CC#CC#CC)C(=O)NCCNC(=N)N. The largest absolute Gasteiger partial charge is 0.370 e. The van der Waals surface area contributed by atoms with Crippen molar-refractivity contribution in [3.63, 3.8) is 0 Å². The molecule has 0 radical (unpaired) electrons. The third-order valence-electron chi connectivity index (χ3n) is 3.31. The summed E-state index contributed by atoms with van der Waals surface area (Å²) in [7, 11) is 0. The van der Waals surface area contributed by atoms with Crippen molar-refractivity contribution >= 4 is 11.9 Å². The Balaban J connectivity index is 5.38. The van der Waals surface area contributed by atoms with Crippen LogP contribution in [0.4, 0.5) is 0 Å². The van der Waals surface area contributed by atoms with Gasteiger partial charge < -0.3 is 16.4 Å². The molecule has 0 saturated heterocycles. The summed E-state index contributed by atoms with van der Waals surface area (Å²) >= 11 is 0. The maximum absolute atomic E-state index is 12.5. The van der Waals surface area contributed by atoms with E-state index >= 15 is 0 Å². The summed E-state index contributed by atoms with van der Waals surface area (Å²) in [5.74, 6) is 78.9. The molecule has 0 aliphatic heterocycles. The first-order valence-corrected chi connectivity index (χ1v) is 11.8. The zero-order valence-electron chi connectivity index (χ0n) is 23.5. The van der Waals surface area contributed by atoms with Crippen LogP contribution in [0.25, 0.3) is 0 Å². The van der Waals surface area contributed by atoms with E-state index in [1.165, 1.54) is 0 Å². The van der Waals surface area contributed by atoms with Crippen LogP contribution in [0, 0.1) is 201 Å². The topological polar surface area (TPSA) is 91.0 Å². The quantitative estimate of drug-likeness (QED) is 0.160. The molecule has 5 nitrogen and oxygen atoms in total. The molecule has 0 heterocycles. The van der Waals surface area contributed by atoms with Crippen molar-refractivity contribution in [3.05, 3.63) is 0 Å². The highest BCUT2D eigenvalue weighted by molar-refractivity contribution is 5.85. The van der Waals surface area contributed by atoms with Crippen LogP contribution >= 0.6 is 0 Å². The number of rotatable bonds is 4. The number of nitrogens with two attached hydrogens (primary N) is 1. The number of guanidine groups is 1. The molecule has 0 aliphatic rings. The fourth-order valence-electron chi connectivity index (χ4n) is 1.74. The molecule has 0 aromatic rings. The van der Waals surface area contributed by atoms with Gasteiger partial charge in [0.05, 0.1) is 0 Å². The third-order valence-corrected chi connectivity index (χ3v) is 3.31. The minimum Gasteiger partial charge on any atom is -0.370 e. The highest BCUT2D eigenvalue weighted by Gasteiger charge is 2.12. The third kappa shape index (κ3) is 26.8. The molecule has 0 spiro atoms. The van der Waals surface area contributed by atoms with E-state index in [2.05, 4.69) is 200 Å². The van der Waals surface area contributed by atoms with Crippen LogP contribution in [0.15, 0.2) is 0 Å². The monoisotopic (exact) mass is 556 g/mol. The number of carbonyl (C=O) groups excluding carboxylic acids is 1. The second-order valence-electron chi connectivity index (χ2n) is 6.35. The lowest BCUT2D eigenvalue weighted by molar-refractivity contribution is -0.121. The maximum atomic E-state index is 12.5. The lowest BCUT2D eigenvalue weighted by Gasteiger charge is -2.07. The van der Waals surface area contributed by atoms with Crippen molar-refractivity contribution in [2.24, 2.45) is 11.7 Å². The second-order valence-corrected chi connectivity index (χ2v) is 6.35. The number of hydrogen-bond acceptors (Lipinski definition) is 2. The van der Waals surface area contributed by atoms with Crippen LogP contribution in [0.5, 0.6) is 0 Å². The van der Waals surface area contributed by atoms with Gasteiger partial charge in [0.2, 0.25) is 5.91 Å². The fourth-order valence-corrected chi connectivity index (χ4v) is 1.74. The Labute approximate surface area is 260 Å². The Hall–Kier alpha value is -8.30. The van der Waals surface area contributed by atoms with Crippen LogP contribution in [-0.2, 0) is 4.79 Å². The molecule has 5 N–H and O–H groups in total. The van der Waals surface area contributed by atoms with Gasteiger partial charge in [0.1, 0.15) is 0 Å². The summed E-state index contributed by atoms with van der Waals surface area (Å²) < 4.78 is 0. The Kier molecular flexibility index (Phi) is 23.7. The van der Waals surface area contributed by atoms with E-state index in [0.29, 0.717) is 0 Å². The van der Waals surface area contributed by atoms with E-state index in [9.17, 15) is 4.79 Å². The molecule has 0 rings (SSSR count). The maximum Gasteiger partial charge on any atom is 0.247 e. The molecule has 44 heavy (non-hydrogen) atoms. The van der Waals surface area contributed by atoms with E-state index in [1.807, 2.05) is 0 Å². The minimum absolute atomic E-state index is 0.189. The van der Waals surface area contributed by atoms with E-state index < -0.39 is 11.8 Å². The molecule has 0 aromatic carbocycles. The van der Waals surface area contributed by atoms with Crippen molar-refractivity contribution in [1.82, 2.24) is 10.6 Å². The Bertz CT molecular complexity index is 2040. The standard InChI is InChI=1S/C39H16N4O/c1-3-5-7-9-11-13-15-17-19-21-23-25-27-29-31-33-37(38(44)42-35-36-43-39(40)41)34-32-30-28-26-24-22-20-18-16-14-12-10-8-6-4-2/h37H,35-36H2,1-2H3,(H,42,44)(H4,40,41,43). The minimum atomic E-state index is -1.04. The van der Waals surface area contributed by atoms with Crippen molar-refractivity contribution < 1.29 is 4.79 Å². The van der Waals surface area contributed by atoms with Gasteiger partial charge in [-0.3, -0.25) is 10.2 Å². The van der Waals surface area contributed by atoms with Gasteiger partial charge >= 0.3 is 0 Å². The fraction of sp³-hybridized carbons (Fsp3) is 0.128. The molecular formula is C39H16N4O. The van der Waals surface area contributed by atoms with E-state index in [1.54, 1.807) is 13.8 Å². The Morgan fingerprint density at radius 3 is 1.00 bits per heavy atom. The second kappa shape index (κ2) is 29.3. The molecule has 0 atom stereocenters. The predicted octanol–water partition coefficient (Wildman–Crippen LogP) is -0.704. The number of hydrogen-bond donors (Lipinski definition) is 4. The first-order valence-electron chi connectivity index (χ1n) is 11.8. The normalized spacial score (nSPS) is 5.52. The average molecular weight is 557 g/mol. The lowest BCUT2D eigenvalue weighted by atomic mass is 10.1. The zero-order chi connectivity index (χ0) is 32.2. The van der Waals surface area contributed by atoms with E-state index in [4.69, 9.17) is 11.1 Å². The molecule has 0 bridgehead atoms. The molecule has 0 aromatic heterocycles. The average Bonchev–Trinajstić information content (AvgIpc) is 3.01. The Morgan fingerprint density at radius 2 is 0.727 bits per heavy atom. The Morgan fingerprint density at radius 1 is 0.477 bits per heavy atom. The van der Waals surface area contributed by atoms with Gasteiger partial charge in [-0.2, -0.15) is 0 Å². The van der Waals surface area contributed by atoms with Crippen LogP contribution in [0.3, 0.4) is 0 Å². The smallest absolute Gasteiger partial charge is 0.247 e. The van der Waals surface area contributed by atoms with Gasteiger partial charge in [-0.15, -0.1) is 0 Å². The van der Waals surface area contributed by atoms with Gasteiger partial charge in [-0.05, 0) is 180 Å². The molecular weight excluding hydrogens is 540 g/mol. The highest BCUT2D eigenvalue weighted by atomic mass is 16.1. The number of carbonyl (C=O) groups is 1. The molecule has 0 fully saturated rings. The summed E-state index contributed by atoms with van der Waals surface area (Å²) in [4.78, 5) is 12.5. The number of nitrogens with one attached hydrogen (secondary N) is 3. The van der Waals surface area contributed by atoms with Gasteiger partial charge in [0.15, 0.2) is 11.9 Å². The number of amides is 1. The van der Waals surface area contributed by atoms with Crippen LogP contribution in [-0.4, -0.2) is 25.0 Å². The zero-order valence-corrected chi connectivity index (χ0v) is 23.5. The van der Waals surface area contributed by atoms with Crippen LogP contribution in [0.2, 0.25) is 0 Å². The highest BCUT2D eigenvalue weighted by Crippen LogP contribution is 1.92. The van der Waals surface area contributed by atoms with Crippen LogP contribution in [0.1, 0.15) is 13.8 Å². The van der Waals surface area contributed by atoms with Crippen LogP contribution < -0.4 is 16.4 Å². The molecule has 0 aliphatic carbocycles. The van der Waals surface area contributed by atoms with Gasteiger partial charge in [-0.1, -0.05) is 23.7 Å². The molecule has 0 unspecified atom stereocenters. The summed E-state index contributed by atoms with van der Waals surface area (Å²) in [5, 5.41) is 12.3. The van der Waals surface area contributed by atoms with Crippen molar-refractivity contribution in [2.45, 2.75) is 13.8 Å². The van der Waals surface area contributed by atoms with Gasteiger partial charge in [-0.25, -0.2) is 0 Å². The first kappa shape index (κ1) is 35.7. The summed E-state index contributed by atoms with van der Waals surface area (Å²) in [6, 6.07) is 0. The summed E-state index contributed by atoms with van der Waals surface area (Å²) in [6.45, 7) is 3.79. The molecule has 1 amide bonds. The molecule has 0 saturated carbocycles. The molecule has 5 heteroatoms. The van der Waals surface area contributed by atoms with Crippen molar-refractivity contribution in [2.75, 3.05) is 13.1 Å². The predicted molar refractivity (Wildman–Crippen MR) is 172 cm³/mol. The molecule has 198 valence electrons. The summed E-state index contributed by atoms with van der Waals surface area (Å²) in [5.41, 5.74) is 5.22. The summed E-state index contributed by atoms with van der Waals surface area (Å²) in [6.07, 6.45) is 0. The van der Waals surface area contributed by atoms with E-state index in [-0.39, 0.29) is 19.0 Å². The first-order chi connectivity index (χ1) is 21.6. The van der Waals surface area contributed by atoms with Crippen molar-refractivity contribution in [1.29, 1.82) is 5.41 Å². The van der Waals surface area contributed by atoms with Gasteiger partial charge in [0, 0.05) is 13.1 Å². The lowest BCUT2D eigenvalue weighted by Crippen LogP contribution is -2.39. The van der Waals surface area contributed by atoms with E-state index in [0.717, 1.165) is 0 Å². The van der Waals surface area contributed by atoms with Crippen molar-refractivity contribution in [3.8, 4) is 189 Å².